The van der Waals surface area contributed by atoms with E-state index in [2.05, 4.69) is 0 Å². The van der Waals surface area contributed by atoms with E-state index in [0.717, 1.165) is 5.56 Å². The van der Waals surface area contributed by atoms with Crippen LogP contribution in [0, 0.1) is 6.92 Å². The quantitative estimate of drug-likeness (QED) is 0.747. The molecule has 0 fully saturated rings. The maximum atomic E-state index is 11.6. The lowest BCUT2D eigenvalue weighted by Crippen LogP contribution is -2.12. The summed E-state index contributed by atoms with van der Waals surface area (Å²) in [5.74, 6) is -0.915. The number of aliphatic hydroxyl groups excluding tert-OH is 1. The number of carbonyl (C=O) groups is 1. The summed E-state index contributed by atoms with van der Waals surface area (Å²) in [6.07, 6.45) is 0. The van der Waals surface area contributed by atoms with E-state index in [1.807, 2.05) is 0 Å². The lowest BCUT2D eigenvalue weighted by molar-refractivity contribution is 0.0696. The molecule has 1 aromatic carbocycles. The highest BCUT2D eigenvalue weighted by molar-refractivity contribution is 7.91. The summed E-state index contributed by atoms with van der Waals surface area (Å²) in [7, 11) is 0. The fourth-order valence-corrected chi connectivity index (χ4v) is 2.24. The number of aliphatic hydroxyl groups is 1. The van der Waals surface area contributed by atoms with E-state index in [4.69, 9.17) is 10.2 Å². The van der Waals surface area contributed by atoms with Crippen molar-refractivity contribution in [3.05, 3.63) is 29.3 Å². The van der Waals surface area contributed by atoms with Crippen LogP contribution in [-0.2, 0) is 11.2 Å². The first kappa shape index (κ1) is 12.0. The minimum atomic E-state index is -1.34. The van der Waals surface area contributed by atoms with Crippen molar-refractivity contribution in [2.45, 2.75) is 11.8 Å². The molecule has 0 radical (unpaired) electrons. The summed E-state index contributed by atoms with van der Waals surface area (Å²) in [6.45, 7) is 1.58. The van der Waals surface area contributed by atoms with E-state index in [1.165, 1.54) is 12.1 Å². The predicted molar refractivity (Wildman–Crippen MR) is 56.5 cm³/mol. The zero-order chi connectivity index (χ0) is 11.4. The standard InChI is InChI=1S/C10H12O4S/c1-7-2-3-8(10(12)13)6-9(7)15(14)5-4-11/h2-3,6,11H,4-5H2,1H3,(H,12,13). The molecule has 4 nitrogen and oxygen atoms in total. The second-order valence-electron chi connectivity index (χ2n) is 3.06. The monoisotopic (exact) mass is 228 g/mol. The van der Waals surface area contributed by atoms with E-state index in [9.17, 15) is 9.35 Å². The second-order valence-corrected chi connectivity index (χ2v) is 4.60. The van der Waals surface area contributed by atoms with Crippen molar-refractivity contribution in [2.75, 3.05) is 12.4 Å². The van der Waals surface area contributed by atoms with Gasteiger partial charge in [-0.1, -0.05) is 6.07 Å². The molecule has 0 aliphatic rings. The fraction of sp³-hybridized carbons (Fsp3) is 0.300. The molecule has 2 N–H and O–H groups in total. The van der Waals surface area contributed by atoms with Crippen molar-refractivity contribution in [1.82, 2.24) is 0 Å². The van der Waals surface area contributed by atoms with Crippen LogP contribution in [0.15, 0.2) is 23.1 Å². The van der Waals surface area contributed by atoms with Gasteiger partial charge in [0.25, 0.3) is 0 Å². The first-order chi connectivity index (χ1) is 7.06. The summed E-state index contributed by atoms with van der Waals surface area (Å²) in [5.41, 5.74) is 0.883. The van der Waals surface area contributed by atoms with E-state index in [-0.39, 0.29) is 17.9 Å². The van der Waals surface area contributed by atoms with Crippen molar-refractivity contribution in [3.8, 4) is 0 Å². The third-order valence-electron chi connectivity index (χ3n) is 1.96. The lowest BCUT2D eigenvalue weighted by atomic mass is 10.1. The third kappa shape index (κ3) is 2.95. The number of carboxylic acid groups (broad SMARTS) is 1. The highest BCUT2D eigenvalue weighted by Gasteiger charge is 2.16. The van der Waals surface area contributed by atoms with Crippen molar-refractivity contribution in [3.63, 3.8) is 0 Å². The van der Waals surface area contributed by atoms with Gasteiger partial charge in [0, 0.05) is 11.6 Å². The molecule has 1 aromatic rings. The van der Waals surface area contributed by atoms with Gasteiger partial charge in [0.05, 0.1) is 12.2 Å². The summed E-state index contributed by atoms with van der Waals surface area (Å²) >= 11 is -1.34. The van der Waals surface area contributed by atoms with Gasteiger partial charge in [-0.15, -0.1) is 0 Å². The zero-order valence-electron chi connectivity index (χ0n) is 8.27. The highest BCUT2D eigenvalue weighted by atomic mass is 32.2. The second kappa shape index (κ2) is 5.16. The molecule has 5 heteroatoms. The molecule has 82 valence electrons. The molecular weight excluding hydrogens is 216 g/mol. The normalized spacial score (nSPS) is 12.5. The molecule has 1 rings (SSSR count). The number of benzene rings is 1. The van der Waals surface area contributed by atoms with Crippen LogP contribution in [0.25, 0.3) is 0 Å². The Hall–Kier alpha value is -1.04. The van der Waals surface area contributed by atoms with E-state index >= 15 is 0 Å². The van der Waals surface area contributed by atoms with E-state index in [1.54, 1.807) is 13.0 Å². The van der Waals surface area contributed by atoms with Crippen molar-refractivity contribution >= 4 is 17.1 Å². The van der Waals surface area contributed by atoms with E-state index < -0.39 is 17.1 Å². The van der Waals surface area contributed by atoms with Crippen LogP contribution in [0.4, 0.5) is 0 Å². The molecule has 0 amide bonds. The van der Waals surface area contributed by atoms with Gasteiger partial charge in [-0.2, -0.15) is 0 Å². The molecule has 0 spiro atoms. The Labute approximate surface area is 90.7 Å². The van der Waals surface area contributed by atoms with Gasteiger partial charge in [-0.3, -0.25) is 0 Å². The molecule has 0 aliphatic heterocycles. The molecule has 0 heterocycles. The van der Waals surface area contributed by atoms with Crippen LogP contribution in [-0.4, -0.2) is 33.1 Å². The van der Waals surface area contributed by atoms with Gasteiger partial charge < -0.3 is 14.8 Å². The third-order valence-corrected chi connectivity index (χ3v) is 3.44. The Kier molecular flexibility index (Phi) is 4.14. The Bertz CT molecular complexity index is 364. The molecule has 0 aromatic heterocycles. The van der Waals surface area contributed by atoms with Gasteiger partial charge in [0.2, 0.25) is 0 Å². The number of hydrogen-bond acceptors (Lipinski definition) is 3. The Morgan fingerprint density at radius 2 is 2.20 bits per heavy atom. The van der Waals surface area contributed by atoms with Gasteiger partial charge >= 0.3 is 5.97 Å². The molecule has 1 unspecified atom stereocenters. The molecule has 0 bridgehead atoms. The maximum Gasteiger partial charge on any atom is 0.335 e. The molecule has 0 saturated carbocycles. The highest BCUT2D eigenvalue weighted by Crippen LogP contribution is 2.18. The van der Waals surface area contributed by atoms with Gasteiger partial charge in [0.15, 0.2) is 4.90 Å². The SMILES string of the molecule is Cc1ccc(C(=O)O)cc1[S+]([O-])CCO. The van der Waals surface area contributed by atoms with Crippen molar-refractivity contribution in [1.29, 1.82) is 0 Å². The lowest BCUT2D eigenvalue weighted by Gasteiger charge is -2.11. The number of aryl methyl sites for hydroxylation is 1. The summed E-state index contributed by atoms with van der Waals surface area (Å²) in [6, 6.07) is 4.48. The number of carboxylic acids is 1. The number of hydrogen-bond donors (Lipinski definition) is 2. The van der Waals surface area contributed by atoms with Crippen LogP contribution in [0.3, 0.4) is 0 Å². The predicted octanol–water partition coefficient (Wildman–Crippen LogP) is 0.793. The van der Waals surface area contributed by atoms with Gasteiger partial charge in [-0.25, -0.2) is 4.79 Å². The molecule has 15 heavy (non-hydrogen) atoms. The van der Waals surface area contributed by atoms with Crippen LogP contribution >= 0.6 is 0 Å². The maximum absolute atomic E-state index is 11.6. The number of aromatic carboxylic acids is 1. The Morgan fingerprint density at radius 3 is 2.73 bits per heavy atom. The first-order valence-corrected chi connectivity index (χ1v) is 5.71. The van der Waals surface area contributed by atoms with Crippen LogP contribution < -0.4 is 0 Å². The topological polar surface area (TPSA) is 80.6 Å². The fourth-order valence-electron chi connectivity index (χ4n) is 1.17. The Morgan fingerprint density at radius 1 is 1.53 bits per heavy atom. The molecular formula is C10H12O4S. The van der Waals surface area contributed by atoms with Crippen LogP contribution in [0.1, 0.15) is 15.9 Å². The molecule has 0 aliphatic carbocycles. The van der Waals surface area contributed by atoms with Gasteiger partial charge in [0.1, 0.15) is 5.75 Å². The minimum absolute atomic E-state index is 0.113. The van der Waals surface area contributed by atoms with Crippen molar-refractivity contribution in [2.24, 2.45) is 0 Å². The number of rotatable bonds is 4. The average Bonchev–Trinajstić information content (AvgIpc) is 2.18. The molecule has 1 atom stereocenters. The average molecular weight is 228 g/mol. The smallest absolute Gasteiger partial charge is 0.335 e. The van der Waals surface area contributed by atoms with Crippen molar-refractivity contribution < 1.29 is 19.6 Å². The van der Waals surface area contributed by atoms with E-state index in [0.29, 0.717) is 4.90 Å². The summed E-state index contributed by atoms with van der Waals surface area (Å²) < 4.78 is 11.6. The first-order valence-electron chi connectivity index (χ1n) is 4.39. The van der Waals surface area contributed by atoms with Crippen LogP contribution in [0.2, 0.25) is 0 Å². The molecule has 0 saturated heterocycles. The largest absolute Gasteiger partial charge is 0.611 e. The zero-order valence-corrected chi connectivity index (χ0v) is 9.08. The summed E-state index contributed by atoms with van der Waals surface area (Å²) in [5, 5.41) is 17.4. The van der Waals surface area contributed by atoms with Gasteiger partial charge in [-0.05, 0) is 24.2 Å². The van der Waals surface area contributed by atoms with Crippen LogP contribution in [0.5, 0.6) is 0 Å². The Balaban J connectivity index is 3.04. The minimum Gasteiger partial charge on any atom is -0.611 e. The summed E-state index contributed by atoms with van der Waals surface area (Å²) in [4.78, 5) is 11.2.